The van der Waals surface area contributed by atoms with Crippen LogP contribution in [0.5, 0.6) is 34.5 Å². The molecule has 3 aromatic carbocycles. The van der Waals surface area contributed by atoms with Crippen LogP contribution in [0, 0.1) is 5.92 Å². The second-order valence-electron chi connectivity index (χ2n) is 10.2. The van der Waals surface area contributed by atoms with Gasteiger partial charge in [-0.25, -0.2) is 0 Å². The first-order valence-corrected chi connectivity index (χ1v) is 13.5. The molecule has 218 valence electrons. The van der Waals surface area contributed by atoms with Gasteiger partial charge < -0.3 is 47.7 Å². The van der Waals surface area contributed by atoms with Crippen LogP contribution in [-0.4, -0.2) is 70.9 Å². The molecule has 41 heavy (non-hydrogen) atoms. The van der Waals surface area contributed by atoms with Crippen LogP contribution in [-0.2, 0) is 20.8 Å². The minimum Gasteiger partial charge on any atom is -0.496 e. The van der Waals surface area contributed by atoms with E-state index in [2.05, 4.69) is 0 Å². The summed E-state index contributed by atoms with van der Waals surface area (Å²) in [5.41, 5.74) is 0.385. The summed E-state index contributed by atoms with van der Waals surface area (Å²) < 4.78 is 53.0. The molecule has 6 rings (SSSR count). The summed E-state index contributed by atoms with van der Waals surface area (Å²) in [5.74, 6) is 2.54. The van der Waals surface area contributed by atoms with Crippen molar-refractivity contribution in [3.63, 3.8) is 0 Å². The van der Waals surface area contributed by atoms with E-state index in [9.17, 15) is 5.11 Å². The Labute approximate surface area is 238 Å². The molecule has 5 atom stereocenters. The lowest BCUT2D eigenvalue weighted by Crippen LogP contribution is -2.47. The Balaban J connectivity index is 1.18. The Hall–Kier alpha value is -3.70. The van der Waals surface area contributed by atoms with E-state index in [0.717, 1.165) is 11.1 Å². The molecule has 0 aliphatic carbocycles. The molecule has 3 aromatic rings. The number of benzene rings is 3. The lowest BCUT2D eigenvalue weighted by atomic mass is 9.85. The van der Waals surface area contributed by atoms with E-state index >= 15 is 0 Å². The first kappa shape index (κ1) is 27.5. The zero-order valence-corrected chi connectivity index (χ0v) is 23.2. The predicted molar refractivity (Wildman–Crippen MR) is 146 cm³/mol. The highest BCUT2D eigenvalue weighted by atomic mass is 16.7. The van der Waals surface area contributed by atoms with Gasteiger partial charge in [0.15, 0.2) is 34.7 Å². The second-order valence-corrected chi connectivity index (χ2v) is 10.2. The van der Waals surface area contributed by atoms with Crippen molar-refractivity contribution in [2.24, 2.45) is 5.92 Å². The standard InChI is InChI=1S/C31H34O10/c1-33-23-10-7-11-24(34-2)29(23)41-30-31(32)18-39-28(22(31)17-38-30)21-12-27-26(13-25(21)35-3)37-16-20(40-27)15-36-14-19-8-5-4-6-9-19/h4-13,20,22,28,30,32H,14-18H2,1-3H3/t20-,22-,28-,30-,31-/m0/s1. The lowest BCUT2D eigenvalue weighted by Gasteiger charge is -2.29. The Kier molecular flexibility index (Phi) is 7.81. The number of hydrogen-bond donors (Lipinski definition) is 1. The number of rotatable bonds is 10. The Morgan fingerprint density at radius 2 is 1.61 bits per heavy atom. The summed E-state index contributed by atoms with van der Waals surface area (Å²) in [6.45, 7) is 1.42. The normalized spacial score (nSPS) is 26.3. The highest BCUT2D eigenvalue weighted by molar-refractivity contribution is 5.53. The Morgan fingerprint density at radius 3 is 2.34 bits per heavy atom. The molecule has 3 aliphatic rings. The highest BCUT2D eigenvalue weighted by Gasteiger charge is 2.61. The quantitative estimate of drug-likeness (QED) is 0.388. The smallest absolute Gasteiger partial charge is 0.232 e. The van der Waals surface area contributed by atoms with Gasteiger partial charge in [-0.2, -0.15) is 0 Å². The van der Waals surface area contributed by atoms with Crippen molar-refractivity contribution in [3.8, 4) is 34.5 Å². The van der Waals surface area contributed by atoms with Gasteiger partial charge in [-0.3, -0.25) is 0 Å². The maximum absolute atomic E-state index is 11.8. The van der Waals surface area contributed by atoms with Crippen LogP contribution in [0.25, 0.3) is 0 Å². The Morgan fingerprint density at radius 1 is 0.854 bits per heavy atom. The molecular formula is C31H34O10. The van der Waals surface area contributed by atoms with Gasteiger partial charge in [0.1, 0.15) is 12.4 Å². The van der Waals surface area contributed by atoms with Gasteiger partial charge in [-0.1, -0.05) is 36.4 Å². The number of ether oxygens (including phenoxy) is 9. The summed E-state index contributed by atoms with van der Waals surface area (Å²) in [5, 5.41) is 11.8. The van der Waals surface area contributed by atoms with Crippen molar-refractivity contribution in [1.82, 2.24) is 0 Å². The van der Waals surface area contributed by atoms with Crippen molar-refractivity contribution in [2.75, 3.05) is 47.8 Å². The van der Waals surface area contributed by atoms with E-state index in [0.29, 0.717) is 54.3 Å². The van der Waals surface area contributed by atoms with Crippen LogP contribution < -0.4 is 28.4 Å². The fraction of sp³-hybridized carbons (Fsp3) is 0.419. The van der Waals surface area contributed by atoms with Gasteiger partial charge in [0.2, 0.25) is 12.0 Å². The van der Waals surface area contributed by atoms with Crippen LogP contribution in [0.2, 0.25) is 0 Å². The molecule has 3 aliphatic heterocycles. The summed E-state index contributed by atoms with van der Waals surface area (Å²) in [6.07, 6.45) is -1.82. The van der Waals surface area contributed by atoms with Crippen LogP contribution in [0.3, 0.4) is 0 Å². The molecule has 10 heteroatoms. The van der Waals surface area contributed by atoms with Crippen LogP contribution >= 0.6 is 0 Å². The molecule has 0 amide bonds. The minimum atomic E-state index is -1.43. The van der Waals surface area contributed by atoms with Gasteiger partial charge >= 0.3 is 0 Å². The lowest BCUT2D eigenvalue weighted by molar-refractivity contribution is -0.153. The van der Waals surface area contributed by atoms with Crippen molar-refractivity contribution >= 4 is 0 Å². The largest absolute Gasteiger partial charge is 0.496 e. The maximum atomic E-state index is 11.8. The molecule has 10 nitrogen and oxygen atoms in total. The van der Waals surface area contributed by atoms with Crippen LogP contribution in [0.4, 0.5) is 0 Å². The van der Waals surface area contributed by atoms with E-state index in [-0.39, 0.29) is 19.3 Å². The maximum Gasteiger partial charge on any atom is 0.232 e. The first-order valence-electron chi connectivity index (χ1n) is 13.5. The predicted octanol–water partition coefficient (Wildman–Crippen LogP) is 3.92. The van der Waals surface area contributed by atoms with Gasteiger partial charge in [0.25, 0.3) is 0 Å². The fourth-order valence-corrected chi connectivity index (χ4v) is 5.52. The molecule has 0 bridgehead atoms. The van der Waals surface area contributed by atoms with Gasteiger partial charge in [-0.05, 0) is 23.8 Å². The number of fused-ring (bicyclic) bond motifs is 2. The van der Waals surface area contributed by atoms with Crippen molar-refractivity contribution in [2.45, 2.75) is 30.7 Å². The third-order valence-corrected chi connectivity index (χ3v) is 7.68. The molecule has 3 heterocycles. The Bertz CT molecular complexity index is 1330. The molecule has 0 saturated carbocycles. The van der Waals surface area contributed by atoms with E-state index in [1.54, 1.807) is 31.4 Å². The second kappa shape index (κ2) is 11.7. The zero-order valence-electron chi connectivity index (χ0n) is 23.2. The average Bonchev–Trinajstić information content (AvgIpc) is 3.51. The summed E-state index contributed by atoms with van der Waals surface area (Å²) in [6, 6.07) is 18.9. The number of para-hydroxylation sites is 1. The van der Waals surface area contributed by atoms with Crippen LogP contribution in [0.1, 0.15) is 17.2 Å². The van der Waals surface area contributed by atoms with E-state index < -0.39 is 23.9 Å². The average molecular weight is 567 g/mol. The van der Waals surface area contributed by atoms with Crippen molar-refractivity contribution < 1.29 is 47.7 Å². The SMILES string of the molecule is COc1cc2c(cc1[C@@H]1OC[C@@]3(O)[C@H](Oc4c(OC)cccc4OC)OC[C@@H]13)O[C@@H](COCc1ccccc1)CO2. The summed E-state index contributed by atoms with van der Waals surface area (Å²) in [7, 11) is 4.66. The van der Waals surface area contributed by atoms with Gasteiger partial charge in [-0.15, -0.1) is 0 Å². The van der Waals surface area contributed by atoms with Crippen LogP contribution in [0.15, 0.2) is 60.7 Å². The topological polar surface area (TPSA) is 103 Å². The number of hydrogen-bond acceptors (Lipinski definition) is 10. The van der Waals surface area contributed by atoms with E-state index in [1.807, 2.05) is 36.4 Å². The third-order valence-electron chi connectivity index (χ3n) is 7.68. The first-order chi connectivity index (χ1) is 20.0. The van der Waals surface area contributed by atoms with Crippen molar-refractivity contribution in [3.05, 3.63) is 71.8 Å². The molecule has 2 saturated heterocycles. The number of methoxy groups -OCH3 is 3. The van der Waals surface area contributed by atoms with E-state index in [1.165, 1.54) is 14.2 Å². The molecule has 0 aromatic heterocycles. The minimum absolute atomic E-state index is 0.00197. The van der Waals surface area contributed by atoms with E-state index in [4.69, 9.17) is 42.6 Å². The molecule has 0 spiro atoms. The summed E-state index contributed by atoms with van der Waals surface area (Å²) >= 11 is 0. The molecule has 0 radical (unpaired) electrons. The monoisotopic (exact) mass is 566 g/mol. The fourth-order valence-electron chi connectivity index (χ4n) is 5.52. The molecule has 0 unspecified atom stereocenters. The third kappa shape index (κ3) is 5.24. The van der Waals surface area contributed by atoms with Gasteiger partial charge in [0.05, 0.1) is 59.8 Å². The molecular weight excluding hydrogens is 532 g/mol. The molecule has 1 N–H and O–H groups in total. The van der Waals surface area contributed by atoms with Crippen molar-refractivity contribution in [1.29, 1.82) is 0 Å². The molecule has 2 fully saturated rings. The van der Waals surface area contributed by atoms with Gasteiger partial charge in [0, 0.05) is 11.6 Å². The summed E-state index contributed by atoms with van der Waals surface area (Å²) in [4.78, 5) is 0. The zero-order chi connectivity index (χ0) is 28.4. The highest BCUT2D eigenvalue weighted by Crippen LogP contribution is 2.52. The number of aliphatic hydroxyl groups is 1.